The Morgan fingerprint density at radius 2 is 2.22 bits per heavy atom. The Balaban J connectivity index is 1.68. The summed E-state index contributed by atoms with van der Waals surface area (Å²) >= 11 is 1.65. The molecule has 23 heavy (non-hydrogen) atoms. The predicted octanol–water partition coefficient (Wildman–Crippen LogP) is 1.99. The SMILES string of the molecule is COc1ccccc1-c1ncc(CN2CC[C@H](CO)[C@H](O)C2)s1. The molecule has 2 atom stereocenters. The number of rotatable bonds is 5. The molecule has 2 heterocycles. The number of piperidine rings is 1. The first-order valence-electron chi connectivity index (χ1n) is 7.80. The zero-order valence-electron chi connectivity index (χ0n) is 13.2. The van der Waals surface area contributed by atoms with Crippen LogP contribution in [0.4, 0.5) is 0 Å². The number of aliphatic hydroxyl groups excluding tert-OH is 2. The molecule has 1 aliphatic heterocycles. The monoisotopic (exact) mass is 334 g/mol. The first kappa shape index (κ1) is 16.4. The summed E-state index contributed by atoms with van der Waals surface area (Å²) in [6.45, 7) is 2.34. The minimum atomic E-state index is -0.449. The van der Waals surface area contributed by atoms with Crippen LogP contribution < -0.4 is 4.74 Å². The van der Waals surface area contributed by atoms with Crippen molar-refractivity contribution in [3.63, 3.8) is 0 Å². The number of β-amino-alcohol motifs (C(OH)–C–C–N with tert-alkyl or cyclic N) is 1. The fourth-order valence-corrected chi connectivity index (χ4v) is 3.93. The third-order valence-electron chi connectivity index (χ3n) is 4.31. The predicted molar refractivity (Wildman–Crippen MR) is 90.6 cm³/mol. The molecule has 0 amide bonds. The van der Waals surface area contributed by atoms with Gasteiger partial charge in [-0.1, -0.05) is 12.1 Å². The largest absolute Gasteiger partial charge is 0.496 e. The summed E-state index contributed by atoms with van der Waals surface area (Å²) in [6.07, 6.45) is 2.28. The van der Waals surface area contributed by atoms with Crippen LogP contribution in [0.5, 0.6) is 5.75 Å². The summed E-state index contributed by atoms with van der Waals surface area (Å²) in [5.74, 6) is 0.837. The molecule has 2 aromatic rings. The third-order valence-corrected chi connectivity index (χ3v) is 5.33. The van der Waals surface area contributed by atoms with Gasteiger partial charge < -0.3 is 14.9 Å². The molecule has 1 fully saturated rings. The van der Waals surface area contributed by atoms with E-state index in [-0.39, 0.29) is 12.5 Å². The van der Waals surface area contributed by atoms with Gasteiger partial charge in [0.1, 0.15) is 10.8 Å². The highest BCUT2D eigenvalue weighted by Crippen LogP contribution is 2.33. The highest BCUT2D eigenvalue weighted by Gasteiger charge is 2.27. The molecule has 1 saturated heterocycles. The normalized spacial score (nSPS) is 22.2. The fourth-order valence-electron chi connectivity index (χ4n) is 2.95. The molecule has 5 nitrogen and oxygen atoms in total. The molecular formula is C17H22N2O3S. The molecule has 0 unspecified atom stereocenters. The third kappa shape index (κ3) is 3.72. The molecule has 0 saturated carbocycles. The minimum Gasteiger partial charge on any atom is -0.496 e. The average Bonchev–Trinajstić information content (AvgIpc) is 3.03. The summed E-state index contributed by atoms with van der Waals surface area (Å²) in [7, 11) is 1.67. The van der Waals surface area contributed by atoms with Gasteiger partial charge >= 0.3 is 0 Å². The van der Waals surface area contributed by atoms with E-state index >= 15 is 0 Å². The molecule has 1 aliphatic rings. The van der Waals surface area contributed by atoms with Crippen molar-refractivity contribution < 1.29 is 14.9 Å². The number of thiazole rings is 1. The maximum atomic E-state index is 10.0. The zero-order valence-corrected chi connectivity index (χ0v) is 14.0. The average molecular weight is 334 g/mol. The summed E-state index contributed by atoms with van der Waals surface area (Å²) < 4.78 is 5.40. The Hall–Kier alpha value is -1.47. The molecule has 0 spiro atoms. The second-order valence-corrected chi connectivity index (χ2v) is 6.98. The number of hydrogen-bond donors (Lipinski definition) is 2. The van der Waals surface area contributed by atoms with Crippen molar-refractivity contribution in [1.82, 2.24) is 9.88 Å². The van der Waals surface area contributed by atoms with E-state index in [4.69, 9.17) is 4.74 Å². The Labute approximate surface area is 140 Å². The van der Waals surface area contributed by atoms with Crippen molar-refractivity contribution in [2.24, 2.45) is 5.92 Å². The lowest BCUT2D eigenvalue weighted by Gasteiger charge is -2.34. The van der Waals surface area contributed by atoms with Crippen LogP contribution >= 0.6 is 11.3 Å². The summed E-state index contributed by atoms with van der Waals surface area (Å²) in [6, 6.07) is 7.88. The number of aromatic nitrogens is 1. The highest BCUT2D eigenvalue weighted by molar-refractivity contribution is 7.15. The van der Waals surface area contributed by atoms with E-state index in [0.29, 0.717) is 6.54 Å². The van der Waals surface area contributed by atoms with E-state index in [1.165, 1.54) is 4.88 Å². The number of aliphatic hydroxyl groups is 2. The Kier molecular flexibility index (Phi) is 5.27. The van der Waals surface area contributed by atoms with Crippen LogP contribution in [-0.2, 0) is 6.54 Å². The van der Waals surface area contributed by atoms with Gasteiger partial charge in [0.15, 0.2) is 0 Å². The van der Waals surface area contributed by atoms with E-state index in [9.17, 15) is 10.2 Å². The van der Waals surface area contributed by atoms with Gasteiger partial charge in [0.2, 0.25) is 0 Å². The summed E-state index contributed by atoms with van der Waals surface area (Å²) in [5.41, 5.74) is 1.00. The lowest BCUT2D eigenvalue weighted by atomic mass is 9.95. The number of hydrogen-bond acceptors (Lipinski definition) is 6. The van der Waals surface area contributed by atoms with Gasteiger partial charge in [-0.15, -0.1) is 11.3 Å². The molecule has 1 aromatic heterocycles. The van der Waals surface area contributed by atoms with Gasteiger partial charge in [-0.2, -0.15) is 0 Å². The van der Waals surface area contributed by atoms with Gasteiger partial charge in [0, 0.05) is 36.7 Å². The number of benzene rings is 1. The molecule has 0 aliphatic carbocycles. The fraction of sp³-hybridized carbons (Fsp3) is 0.471. The molecule has 3 rings (SSSR count). The molecule has 2 N–H and O–H groups in total. The molecule has 1 aromatic carbocycles. The number of para-hydroxylation sites is 1. The van der Waals surface area contributed by atoms with Crippen molar-refractivity contribution in [1.29, 1.82) is 0 Å². The van der Waals surface area contributed by atoms with Gasteiger partial charge in [-0.05, 0) is 25.1 Å². The molecule has 0 bridgehead atoms. The van der Waals surface area contributed by atoms with Crippen LogP contribution in [0.3, 0.4) is 0 Å². The van der Waals surface area contributed by atoms with Crippen molar-refractivity contribution in [2.75, 3.05) is 26.8 Å². The van der Waals surface area contributed by atoms with Crippen molar-refractivity contribution >= 4 is 11.3 Å². The first-order chi connectivity index (χ1) is 11.2. The minimum absolute atomic E-state index is 0.0110. The van der Waals surface area contributed by atoms with Crippen LogP contribution in [0.1, 0.15) is 11.3 Å². The van der Waals surface area contributed by atoms with Crippen LogP contribution in [0, 0.1) is 5.92 Å². The van der Waals surface area contributed by atoms with Crippen LogP contribution in [0.2, 0.25) is 0 Å². The van der Waals surface area contributed by atoms with Crippen molar-refractivity contribution in [2.45, 2.75) is 19.1 Å². The van der Waals surface area contributed by atoms with E-state index in [1.54, 1.807) is 18.4 Å². The zero-order chi connectivity index (χ0) is 16.2. The van der Waals surface area contributed by atoms with Gasteiger partial charge in [-0.3, -0.25) is 4.90 Å². The summed E-state index contributed by atoms with van der Waals surface area (Å²) in [4.78, 5) is 7.91. The number of likely N-dealkylation sites (tertiary alicyclic amines) is 1. The van der Waals surface area contributed by atoms with Crippen LogP contribution in [-0.4, -0.2) is 53.0 Å². The topological polar surface area (TPSA) is 65.8 Å². The van der Waals surface area contributed by atoms with Crippen LogP contribution in [0.15, 0.2) is 30.5 Å². The first-order valence-corrected chi connectivity index (χ1v) is 8.62. The van der Waals surface area contributed by atoms with Crippen molar-refractivity contribution in [3.8, 4) is 16.3 Å². The molecule has 0 radical (unpaired) electrons. The van der Waals surface area contributed by atoms with Crippen molar-refractivity contribution in [3.05, 3.63) is 35.3 Å². The molecular weight excluding hydrogens is 312 g/mol. The lowest BCUT2D eigenvalue weighted by Crippen LogP contribution is -2.44. The smallest absolute Gasteiger partial charge is 0.129 e. The Bertz CT molecular complexity index is 646. The number of nitrogens with zero attached hydrogens (tertiary/aromatic N) is 2. The maximum Gasteiger partial charge on any atom is 0.129 e. The Morgan fingerprint density at radius 1 is 1.39 bits per heavy atom. The van der Waals surface area contributed by atoms with Gasteiger partial charge in [0.05, 0.1) is 18.8 Å². The van der Waals surface area contributed by atoms with E-state index in [0.717, 1.165) is 35.8 Å². The quantitative estimate of drug-likeness (QED) is 0.875. The maximum absolute atomic E-state index is 10.0. The van der Waals surface area contributed by atoms with E-state index in [1.807, 2.05) is 30.5 Å². The Morgan fingerprint density at radius 3 is 2.96 bits per heavy atom. The second-order valence-electron chi connectivity index (χ2n) is 5.87. The summed E-state index contributed by atoms with van der Waals surface area (Å²) in [5, 5.41) is 20.2. The van der Waals surface area contributed by atoms with E-state index in [2.05, 4.69) is 9.88 Å². The molecule has 6 heteroatoms. The second kappa shape index (κ2) is 7.40. The lowest BCUT2D eigenvalue weighted by molar-refractivity contribution is -0.00416. The highest BCUT2D eigenvalue weighted by atomic mass is 32.1. The van der Waals surface area contributed by atoms with Crippen LogP contribution in [0.25, 0.3) is 10.6 Å². The van der Waals surface area contributed by atoms with E-state index < -0.39 is 6.10 Å². The van der Waals surface area contributed by atoms with Gasteiger partial charge in [0.25, 0.3) is 0 Å². The standard InChI is InChI=1S/C17H22N2O3S/c1-22-16-5-3-2-4-14(16)17-18-8-13(23-17)9-19-7-6-12(11-20)15(21)10-19/h2-5,8,12,15,20-21H,6-7,9-11H2,1H3/t12-,15-/m1/s1. The van der Waals surface area contributed by atoms with Gasteiger partial charge in [-0.25, -0.2) is 4.98 Å². The number of methoxy groups -OCH3 is 1. The molecule has 124 valence electrons. The number of ether oxygens (including phenoxy) is 1.